The number of rotatable bonds is 7. The Morgan fingerprint density at radius 1 is 0.778 bits per heavy atom. The molecule has 1 aliphatic heterocycles. The van der Waals surface area contributed by atoms with Crippen LogP contribution < -0.4 is 24.0 Å². The smallest absolute Gasteiger partial charge is 0.203 e. The Morgan fingerprint density at radius 2 is 1.33 bits per heavy atom. The highest BCUT2D eigenvalue weighted by atomic mass is 79.9. The number of halogens is 1. The summed E-state index contributed by atoms with van der Waals surface area (Å²) in [6.45, 7) is 6.77. The Hall–Kier alpha value is -1.76. The monoisotopic (exact) mass is 436 g/mol. The number of nitrogens with one attached hydrogen (secondary N) is 2. The number of hydrogen-bond donors (Lipinski definition) is 2. The molecule has 146 valence electrons. The Morgan fingerprint density at radius 3 is 1.81 bits per heavy atom. The summed E-state index contributed by atoms with van der Waals surface area (Å²) in [6, 6.07) is 12.8. The lowest BCUT2D eigenvalue weighted by atomic mass is 10.1. The number of methoxy groups -OCH3 is 3. The Bertz CT molecular complexity index is 736. The summed E-state index contributed by atoms with van der Waals surface area (Å²) >= 11 is 3.56. The maximum absolute atomic E-state index is 5.48. The molecular weight excluding hydrogens is 408 g/mol. The molecule has 0 saturated carbocycles. The molecular formula is C21H29BrN2O3+2. The highest BCUT2D eigenvalue weighted by Gasteiger charge is 2.24. The lowest BCUT2D eigenvalue weighted by molar-refractivity contribution is -1.02. The zero-order valence-electron chi connectivity index (χ0n) is 16.3. The Kier molecular flexibility index (Phi) is 6.99. The zero-order chi connectivity index (χ0) is 19.2. The number of hydrogen-bond acceptors (Lipinski definition) is 3. The molecule has 0 unspecified atom stereocenters. The van der Waals surface area contributed by atoms with E-state index in [9.17, 15) is 0 Å². The summed E-state index contributed by atoms with van der Waals surface area (Å²) in [5, 5.41) is 0. The molecule has 5 nitrogen and oxygen atoms in total. The van der Waals surface area contributed by atoms with Crippen molar-refractivity contribution >= 4 is 15.9 Å². The van der Waals surface area contributed by atoms with Crippen LogP contribution >= 0.6 is 15.9 Å². The van der Waals surface area contributed by atoms with Crippen molar-refractivity contribution in [1.82, 2.24) is 0 Å². The quantitative estimate of drug-likeness (QED) is 0.678. The van der Waals surface area contributed by atoms with Gasteiger partial charge in [0.15, 0.2) is 11.5 Å². The lowest BCUT2D eigenvalue weighted by Crippen LogP contribution is -3.27. The fourth-order valence-corrected chi connectivity index (χ4v) is 4.22. The molecule has 1 aliphatic rings. The topological polar surface area (TPSA) is 36.6 Å². The zero-order valence-corrected chi connectivity index (χ0v) is 17.9. The number of ether oxygens (including phenoxy) is 3. The molecule has 1 saturated heterocycles. The molecule has 0 bridgehead atoms. The highest BCUT2D eigenvalue weighted by molar-refractivity contribution is 9.10. The van der Waals surface area contributed by atoms with E-state index in [4.69, 9.17) is 14.2 Å². The van der Waals surface area contributed by atoms with Crippen LogP contribution in [-0.2, 0) is 13.1 Å². The van der Waals surface area contributed by atoms with Crippen molar-refractivity contribution in [2.24, 2.45) is 0 Å². The molecule has 0 spiro atoms. The van der Waals surface area contributed by atoms with Crippen LogP contribution in [0.15, 0.2) is 40.9 Å². The van der Waals surface area contributed by atoms with E-state index < -0.39 is 0 Å². The van der Waals surface area contributed by atoms with E-state index in [-0.39, 0.29) is 0 Å². The van der Waals surface area contributed by atoms with E-state index >= 15 is 0 Å². The average Bonchev–Trinajstić information content (AvgIpc) is 2.68. The second kappa shape index (κ2) is 9.44. The third kappa shape index (κ3) is 5.15. The van der Waals surface area contributed by atoms with Gasteiger partial charge in [-0.25, -0.2) is 0 Å². The minimum absolute atomic E-state index is 0.655. The molecule has 1 heterocycles. The van der Waals surface area contributed by atoms with Crippen LogP contribution in [0.1, 0.15) is 11.1 Å². The molecule has 3 rings (SSSR count). The van der Waals surface area contributed by atoms with Gasteiger partial charge < -0.3 is 24.0 Å². The van der Waals surface area contributed by atoms with Crippen LogP contribution in [0.3, 0.4) is 0 Å². The van der Waals surface area contributed by atoms with Gasteiger partial charge in [-0.15, -0.1) is 0 Å². The predicted molar refractivity (Wildman–Crippen MR) is 109 cm³/mol. The van der Waals surface area contributed by atoms with Gasteiger partial charge in [-0.1, -0.05) is 28.1 Å². The molecule has 2 aromatic carbocycles. The summed E-state index contributed by atoms with van der Waals surface area (Å²) in [5.41, 5.74) is 2.61. The Balaban J connectivity index is 1.59. The van der Waals surface area contributed by atoms with Gasteiger partial charge in [-0.05, 0) is 24.3 Å². The van der Waals surface area contributed by atoms with Gasteiger partial charge in [0.2, 0.25) is 5.75 Å². The standard InChI is InChI=1S/C21H27BrN2O3/c1-25-19-12-17(13-20(26-2)21(19)27-3)15-24-9-7-23(8-10-24)14-16-5-4-6-18(22)11-16/h4-6,11-13H,7-10,14-15H2,1-3H3/p+2. The molecule has 0 amide bonds. The molecule has 2 N–H and O–H groups in total. The number of quaternary nitrogens is 2. The normalized spacial score (nSPS) is 19.6. The first-order valence-electron chi connectivity index (χ1n) is 9.33. The molecule has 1 fully saturated rings. The molecule has 0 aliphatic carbocycles. The summed E-state index contributed by atoms with van der Waals surface area (Å²) in [6.07, 6.45) is 0. The van der Waals surface area contributed by atoms with Gasteiger partial charge in [0.05, 0.1) is 21.3 Å². The SMILES string of the molecule is COc1cc(C[NH+]2CC[NH+](Cc3cccc(Br)c3)CC2)cc(OC)c1OC. The first-order valence-corrected chi connectivity index (χ1v) is 10.1. The van der Waals surface area contributed by atoms with Gasteiger partial charge in [-0.3, -0.25) is 0 Å². The van der Waals surface area contributed by atoms with Crippen LogP contribution in [0, 0.1) is 0 Å². The molecule has 2 aromatic rings. The molecule has 0 atom stereocenters. The van der Waals surface area contributed by atoms with Crippen LogP contribution in [0.4, 0.5) is 0 Å². The van der Waals surface area contributed by atoms with Crippen molar-refractivity contribution in [3.05, 3.63) is 52.0 Å². The molecule has 0 radical (unpaired) electrons. The van der Waals surface area contributed by atoms with E-state index in [0.717, 1.165) is 29.1 Å². The van der Waals surface area contributed by atoms with Crippen molar-refractivity contribution in [1.29, 1.82) is 0 Å². The van der Waals surface area contributed by atoms with Gasteiger partial charge in [0.25, 0.3) is 0 Å². The lowest BCUT2D eigenvalue weighted by Gasteiger charge is -2.30. The minimum atomic E-state index is 0.655. The Labute approximate surface area is 169 Å². The second-order valence-corrected chi connectivity index (χ2v) is 7.93. The molecule has 6 heteroatoms. The van der Waals surface area contributed by atoms with Crippen LogP contribution in [0.25, 0.3) is 0 Å². The van der Waals surface area contributed by atoms with Crippen LogP contribution in [0.5, 0.6) is 17.2 Å². The summed E-state index contributed by atoms with van der Waals surface area (Å²) in [4.78, 5) is 3.25. The van der Waals surface area contributed by atoms with Crippen molar-refractivity contribution < 1.29 is 24.0 Å². The largest absolute Gasteiger partial charge is 0.493 e. The third-order valence-electron chi connectivity index (χ3n) is 5.19. The van der Waals surface area contributed by atoms with E-state index in [1.807, 2.05) is 0 Å². The maximum atomic E-state index is 5.48. The van der Waals surface area contributed by atoms with Crippen molar-refractivity contribution in [2.45, 2.75) is 13.1 Å². The summed E-state index contributed by atoms with van der Waals surface area (Å²) < 4.78 is 17.5. The van der Waals surface area contributed by atoms with E-state index in [0.29, 0.717) is 5.75 Å². The van der Waals surface area contributed by atoms with Crippen molar-refractivity contribution in [2.75, 3.05) is 47.5 Å². The average molecular weight is 437 g/mol. The minimum Gasteiger partial charge on any atom is -0.493 e. The molecule has 27 heavy (non-hydrogen) atoms. The van der Waals surface area contributed by atoms with Crippen LogP contribution in [0.2, 0.25) is 0 Å². The van der Waals surface area contributed by atoms with Gasteiger partial charge >= 0.3 is 0 Å². The van der Waals surface area contributed by atoms with E-state index in [1.54, 1.807) is 31.1 Å². The first kappa shape index (κ1) is 20.0. The van der Waals surface area contributed by atoms with Gasteiger partial charge in [-0.2, -0.15) is 0 Å². The summed E-state index contributed by atoms with van der Waals surface area (Å²) in [7, 11) is 4.97. The van der Waals surface area contributed by atoms with E-state index in [2.05, 4.69) is 52.3 Å². The molecule has 0 aromatic heterocycles. The maximum Gasteiger partial charge on any atom is 0.203 e. The fourth-order valence-electron chi connectivity index (χ4n) is 3.77. The third-order valence-corrected chi connectivity index (χ3v) is 5.68. The number of benzene rings is 2. The van der Waals surface area contributed by atoms with Gasteiger partial charge in [0.1, 0.15) is 39.3 Å². The predicted octanol–water partition coefficient (Wildman–Crippen LogP) is 0.959. The number of piperazine rings is 1. The highest BCUT2D eigenvalue weighted by Crippen LogP contribution is 2.37. The second-order valence-electron chi connectivity index (χ2n) is 7.02. The fraction of sp³-hybridized carbons (Fsp3) is 0.429. The van der Waals surface area contributed by atoms with Crippen LogP contribution in [-0.4, -0.2) is 47.5 Å². The van der Waals surface area contributed by atoms with Crippen molar-refractivity contribution in [3.63, 3.8) is 0 Å². The van der Waals surface area contributed by atoms with Crippen molar-refractivity contribution in [3.8, 4) is 17.2 Å². The first-order chi connectivity index (χ1) is 13.1. The van der Waals surface area contributed by atoms with Gasteiger partial charge in [0, 0.05) is 15.6 Å². The summed E-state index contributed by atoms with van der Waals surface area (Å²) in [5.74, 6) is 2.11. The van der Waals surface area contributed by atoms with E-state index in [1.165, 1.54) is 37.3 Å².